The lowest BCUT2D eigenvalue weighted by Crippen LogP contribution is -2.58. The standard InChI is InChI=1S/C12H24Cl2N2/c1-3-11-9-16(8-6-14)12(4-2)10-15(11)7-5-13/h11-12H,3-10H2,1-2H3. The van der Waals surface area contributed by atoms with Crippen LogP contribution in [0.5, 0.6) is 0 Å². The van der Waals surface area contributed by atoms with E-state index in [2.05, 4.69) is 23.6 Å². The summed E-state index contributed by atoms with van der Waals surface area (Å²) in [5.41, 5.74) is 0. The van der Waals surface area contributed by atoms with Crippen LogP contribution in [-0.2, 0) is 0 Å². The smallest absolute Gasteiger partial charge is 0.0351 e. The van der Waals surface area contributed by atoms with Gasteiger partial charge in [0.1, 0.15) is 0 Å². The molecule has 0 aromatic rings. The first kappa shape index (κ1) is 14.6. The molecule has 4 heteroatoms. The normalized spacial score (nSPS) is 28.5. The second kappa shape index (κ2) is 7.75. The third-order valence-corrected chi connectivity index (χ3v) is 3.95. The van der Waals surface area contributed by atoms with Gasteiger partial charge in [-0.2, -0.15) is 0 Å². The lowest BCUT2D eigenvalue weighted by atomic mass is 10.0. The molecule has 0 N–H and O–H groups in total. The second-order valence-electron chi connectivity index (χ2n) is 4.49. The van der Waals surface area contributed by atoms with Crippen molar-refractivity contribution < 1.29 is 0 Å². The maximum absolute atomic E-state index is 5.87. The molecule has 0 bridgehead atoms. The van der Waals surface area contributed by atoms with Crippen LogP contribution in [-0.4, -0.2) is 59.8 Å². The average molecular weight is 267 g/mol. The van der Waals surface area contributed by atoms with Crippen LogP contribution >= 0.6 is 23.2 Å². The molecule has 1 heterocycles. The van der Waals surface area contributed by atoms with E-state index in [1.54, 1.807) is 0 Å². The Balaban J connectivity index is 2.59. The van der Waals surface area contributed by atoms with Crippen LogP contribution in [0.25, 0.3) is 0 Å². The first-order chi connectivity index (χ1) is 7.76. The van der Waals surface area contributed by atoms with Gasteiger partial charge in [-0.25, -0.2) is 0 Å². The molecular formula is C12H24Cl2N2. The van der Waals surface area contributed by atoms with Gasteiger partial charge in [-0.3, -0.25) is 9.80 Å². The highest BCUT2D eigenvalue weighted by atomic mass is 35.5. The van der Waals surface area contributed by atoms with Gasteiger partial charge in [0.25, 0.3) is 0 Å². The van der Waals surface area contributed by atoms with Crippen LogP contribution < -0.4 is 0 Å². The van der Waals surface area contributed by atoms with Crippen LogP contribution in [0.3, 0.4) is 0 Å². The lowest BCUT2D eigenvalue weighted by Gasteiger charge is -2.46. The monoisotopic (exact) mass is 266 g/mol. The highest BCUT2D eigenvalue weighted by molar-refractivity contribution is 6.18. The zero-order valence-corrected chi connectivity index (χ0v) is 12.0. The number of alkyl halides is 2. The predicted molar refractivity (Wildman–Crippen MR) is 72.7 cm³/mol. The summed E-state index contributed by atoms with van der Waals surface area (Å²) in [6.07, 6.45) is 2.40. The summed E-state index contributed by atoms with van der Waals surface area (Å²) in [5.74, 6) is 1.48. The van der Waals surface area contributed by atoms with Gasteiger partial charge >= 0.3 is 0 Å². The van der Waals surface area contributed by atoms with Crippen molar-refractivity contribution in [2.45, 2.75) is 38.8 Å². The van der Waals surface area contributed by atoms with Gasteiger partial charge in [-0.1, -0.05) is 13.8 Å². The van der Waals surface area contributed by atoms with Crippen LogP contribution in [0.1, 0.15) is 26.7 Å². The molecule has 1 fully saturated rings. The summed E-state index contributed by atoms with van der Waals surface area (Å²) in [4.78, 5) is 5.10. The van der Waals surface area contributed by atoms with E-state index < -0.39 is 0 Å². The Hall–Kier alpha value is 0.500. The van der Waals surface area contributed by atoms with Crippen LogP contribution in [0.4, 0.5) is 0 Å². The molecule has 0 spiro atoms. The summed E-state index contributed by atoms with van der Waals surface area (Å²) in [6, 6.07) is 1.31. The third kappa shape index (κ3) is 3.76. The van der Waals surface area contributed by atoms with Gasteiger partial charge in [-0.05, 0) is 12.8 Å². The average Bonchev–Trinajstić information content (AvgIpc) is 2.31. The Kier molecular flexibility index (Phi) is 7.06. The first-order valence-corrected chi connectivity index (χ1v) is 7.43. The fourth-order valence-corrected chi connectivity index (χ4v) is 3.04. The van der Waals surface area contributed by atoms with Crippen LogP contribution in [0, 0.1) is 0 Å². The number of nitrogens with zero attached hydrogens (tertiary/aromatic N) is 2. The van der Waals surface area contributed by atoms with Crippen LogP contribution in [0.2, 0.25) is 0 Å². The van der Waals surface area contributed by atoms with Gasteiger partial charge in [0, 0.05) is 50.0 Å². The molecule has 2 unspecified atom stereocenters. The molecule has 1 saturated heterocycles. The van der Waals surface area contributed by atoms with Crippen molar-refractivity contribution in [3.8, 4) is 0 Å². The van der Waals surface area contributed by atoms with Gasteiger partial charge in [0.15, 0.2) is 0 Å². The molecule has 0 aromatic heterocycles. The molecule has 16 heavy (non-hydrogen) atoms. The predicted octanol–water partition coefficient (Wildman–Crippen LogP) is 2.64. The highest BCUT2D eigenvalue weighted by Crippen LogP contribution is 2.19. The molecule has 2 nitrogen and oxygen atoms in total. The molecule has 0 aliphatic carbocycles. The fourth-order valence-electron chi connectivity index (χ4n) is 2.61. The van der Waals surface area contributed by atoms with Gasteiger partial charge in [0.05, 0.1) is 0 Å². The molecule has 0 saturated carbocycles. The Morgan fingerprint density at radius 3 is 1.50 bits per heavy atom. The molecule has 0 aromatic carbocycles. The van der Waals surface area contributed by atoms with Gasteiger partial charge in [0.2, 0.25) is 0 Å². The van der Waals surface area contributed by atoms with Crippen molar-refractivity contribution in [1.29, 1.82) is 0 Å². The van der Waals surface area contributed by atoms with E-state index in [1.807, 2.05) is 0 Å². The highest BCUT2D eigenvalue weighted by Gasteiger charge is 2.30. The summed E-state index contributed by atoms with van der Waals surface area (Å²) >= 11 is 11.7. The number of halogens is 2. The lowest BCUT2D eigenvalue weighted by molar-refractivity contribution is 0.0324. The van der Waals surface area contributed by atoms with Gasteiger partial charge < -0.3 is 0 Å². The zero-order valence-electron chi connectivity index (χ0n) is 10.5. The minimum absolute atomic E-state index is 0.657. The van der Waals surface area contributed by atoms with Crippen LogP contribution in [0.15, 0.2) is 0 Å². The Bertz CT molecular complexity index is 170. The van der Waals surface area contributed by atoms with E-state index in [0.29, 0.717) is 12.1 Å². The topological polar surface area (TPSA) is 6.48 Å². The molecular weight excluding hydrogens is 243 g/mol. The van der Waals surface area contributed by atoms with E-state index in [4.69, 9.17) is 23.2 Å². The molecule has 0 amide bonds. The number of piperazine rings is 1. The maximum Gasteiger partial charge on any atom is 0.0351 e. The van der Waals surface area contributed by atoms with Crippen molar-refractivity contribution in [2.75, 3.05) is 37.9 Å². The van der Waals surface area contributed by atoms with Crippen molar-refractivity contribution >= 4 is 23.2 Å². The second-order valence-corrected chi connectivity index (χ2v) is 5.25. The minimum atomic E-state index is 0.657. The van der Waals surface area contributed by atoms with E-state index >= 15 is 0 Å². The fraction of sp³-hybridized carbons (Fsp3) is 1.00. The molecule has 96 valence electrons. The maximum atomic E-state index is 5.87. The minimum Gasteiger partial charge on any atom is -0.296 e. The van der Waals surface area contributed by atoms with Crippen molar-refractivity contribution in [1.82, 2.24) is 9.80 Å². The zero-order chi connectivity index (χ0) is 12.0. The van der Waals surface area contributed by atoms with Crippen molar-refractivity contribution in [3.63, 3.8) is 0 Å². The molecule has 1 rings (SSSR count). The summed E-state index contributed by atoms with van der Waals surface area (Å²) < 4.78 is 0. The Labute approximate surface area is 110 Å². The largest absolute Gasteiger partial charge is 0.296 e. The van der Waals surface area contributed by atoms with Gasteiger partial charge in [-0.15, -0.1) is 23.2 Å². The number of hydrogen-bond donors (Lipinski definition) is 0. The summed E-state index contributed by atoms with van der Waals surface area (Å²) in [5, 5.41) is 0. The number of rotatable bonds is 6. The quantitative estimate of drug-likeness (QED) is 0.683. The SMILES string of the molecule is CCC1CN(CCCl)C(CC)CN1CCCl. The molecule has 2 atom stereocenters. The first-order valence-electron chi connectivity index (χ1n) is 6.36. The van der Waals surface area contributed by atoms with Crippen molar-refractivity contribution in [3.05, 3.63) is 0 Å². The molecule has 1 aliphatic heterocycles. The van der Waals surface area contributed by atoms with E-state index in [0.717, 1.165) is 37.9 Å². The Morgan fingerprint density at radius 2 is 1.25 bits per heavy atom. The van der Waals surface area contributed by atoms with Crippen molar-refractivity contribution in [2.24, 2.45) is 0 Å². The van der Waals surface area contributed by atoms with E-state index in [1.165, 1.54) is 12.8 Å². The Morgan fingerprint density at radius 1 is 0.875 bits per heavy atom. The van der Waals surface area contributed by atoms with E-state index in [-0.39, 0.29) is 0 Å². The molecule has 1 aliphatic rings. The molecule has 0 radical (unpaired) electrons. The summed E-state index contributed by atoms with van der Waals surface area (Å²) in [6.45, 7) is 8.86. The third-order valence-electron chi connectivity index (χ3n) is 3.61. The number of hydrogen-bond acceptors (Lipinski definition) is 2. The summed E-state index contributed by atoms with van der Waals surface area (Å²) in [7, 11) is 0. The van der Waals surface area contributed by atoms with E-state index in [9.17, 15) is 0 Å².